The number of carboxylic acids is 1. The average Bonchev–Trinajstić information content (AvgIpc) is 3.16. The lowest BCUT2D eigenvalue weighted by Gasteiger charge is -2.06. The summed E-state index contributed by atoms with van der Waals surface area (Å²) in [7, 11) is 0. The van der Waals surface area contributed by atoms with Crippen LogP contribution in [0.3, 0.4) is 0 Å². The van der Waals surface area contributed by atoms with E-state index < -0.39 is 17.6 Å². The summed E-state index contributed by atoms with van der Waals surface area (Å²) in [4.78, 5) is 22.8. The molecule has 1 aromatic heterocycles. The summed E-state index contributed by atoms with van der Waals surface area (Å²) in [5.41, 5.74) is 2.25. The molecule has 1 amide bonds. The molecule has 1 heterocycles. The number of carboxylic acid groups (broad SMARTS) is 1. The van der Waals surface area contributed by atoms with E-state index in [0.29, 0.717) is 24.9 Å². The van der Waals surface area contributed by atoms with E-state index in [-0.39, 0.29) is 24.6 Å². The minimum atomic E-state index is -0.973. The van der Waals surface area contributed by atoms with E-state index >= 15 is 0 Å². The molecule has 8 heteroatoms. The number of benzene rings is 1. The minimum absolute atomic E-state index is 0.0261. The lowest BCUT2D eigenvalue weighted by atomic mass is 10.2. The van der Waals surface area contributed by atoms with Gasteiger partial charge in [0.25, 0.3) is 5.91 Å². The quantitative estimate of drug-likeness (QED) is 0.784. The Morgan fingerprint density at radius 2 is 2.04 bits per heavy atom. The second-order valence-corrected chi connectivity index (χ2v) is 5.89. The van der Waals surface area contributed by atoms with E-state index in [1.54, 1.807) is 0 Å². The molecule has 1 aliphatic carbocycles. The van der Waals surface area contributed by atoms with Crippen molar-refractivity contribution in [3.63, 3.8) is 0 Å². The number of fused-ring (bicyclic) bond motifs is 1. The molecule has 25 heavy (non-hydrogen) atoms. The van der Waals surface area contributed by atoms with Crippen molar-refractivity contribution in [3.05, 3.63) is 46.8 Å². The van der Waals surface area contributed by atoms with Crippen molar-refractivity contribution >= 4 is 11.9 Å². The van der Waals surface area contributed by atoms with Crippen molar-refractivity contribution in [1.82, 2.24) is 15.1 Å². The summed E-state index contributed by atoms with van der Waals surface area (Å²) in [5, 5.41) is 15.6. The van der Waals surface area contributed by atoms with Gasteiger partial charge in [0.1, 0.15) is 0 Å². The van der Waals surface area contributed by atoms with Gasteiger partial charge in [0.15, 0.2) is 17.3 Å². The van der Waals surface area contributed by atoms with Gasteiger partial charge in [-0.3, -0.25) is 9.59 Å². The summed E-state index contributed by atoms with van der Waals surface area (Å²) in [5.74, 6) is -3.22. The third-order valence-electron chi connectivity index (χ3n) is 4.15. The molecule has 132 valence electrons. The van der Waals surface area contributed by atoms with Gasteiger partial charge in [-0.05, 0) is 37.8 Å². The Bertz CT molecular complexity index is 833. The van der Waals surface area contributed by atoms with Crippen molar-refractivity contribution < 1.29 is 23.5 Å². The Kier molecular flexibility index (Phi) is 4.78. The molecule has 1 aromatic carbocycles. The highest BCUT2D eigenvalue weighted by atomic mass is 19.2. The monoisotopic (exact) mass is 349 g/mol. The number of hydrogen-bond acceptors (Lipinski definition) is 3. The topological polar surface area (TPSA) is 84.2 Å². The van der Waals surface area contributed by atoms with Crippen LogP contribution in [-0.2, 0) is 17.6 Å². The first-order valence-corrected chi connectivity index (χ1v) is 8.03. The zero-order valence-electron chi connectivity index (χ0n) is 13.4. The number of rotatable bonds is 6. The van der Waals surface area contributed by atoms with Crippen molar-refractivity contribution in [2.24, 2.45) is 0 Å². The van der Waals surface area contributed by atoms with Crippen molar-refractivity contribution in [2.75, 3.05) is 6.54 Å². The van der Waals surface area contributed by atoms with E-state index in [1.807, 2.05) is 0 Å². The van der Waals surface area contributed by atoms with Gasteiger partial charge in [0.05, 0.1) is 5.69 Å². The van der Waals surface area contributed by atoms with Crippen LogP contribution in [0.15, 0.2) is 18.2 Å². The van der Waals surface area contributed by atoms with E-state index in [2.05, 4.69) is 10.4 Å². The van der Waals surface area contributed by atoms with Crippen molar-refractivity contribution in [1.29, 1.82) is 0 Å². The molecular formula is C17H17F2N3O3. The highest BCUT2D eigenvalue weighted by Gasteiger charge is 2.27. The first kappa shape index (κ1) is 17.1. The maximum absolute atomic E-state index is 13.5. The van der Waals surface area contributed by atoms with Crippen LogP contribution < -0.4 is 5.32 Å². The van der Waals surface area contributed by atoms with Gasteiger partial charge in [-0.15, -0.1) is 0 Å². The zero-order valence-corrected chi connectivity index (χ0v) is 13.4. The third-order valence-corrected chi connectivity index (χ3v) is 4.15. The summed E-state index contributed by atoms with van der Waals surface area (Å²) < 4.78 is 28.1. The van der Waals surface area contributed by atoms with Gasteiger partial charge in [0, 0.05) is 30.3 Å². The normalized spacial score (nSPS) is 12.9. The molecule has 0 saturated carbocycles. The summed E-state index contributed by atoms with van der Waals surface area (Å²) in [6.07, 6.45) is 2.55. The molecule has 0 atom stereocenters. The Morgan fingerprint density at radius 1 is 1.24 bits per heavy atom. The largest absolute Gasteiger partial charge is 0.481 e. The standard InChI is InChI=1S/C17H17F2N3O3/c18-12-7-6-10(9-13(12)19)22-14-4-1-3-11(14)16(21-22)17(25)20-8-2-5-15(23)24/h6-7,9H,1-5,8H2,(H,20,25)(H,23,24). The lowest BCUT2D eigenvalue weighted by Crippen LogP contribution is -2.26. The van der Waals surface area contributed by atoms with Crippen LogP contribution in [0.5, 0.6) is 0 Å². The first-order valence-electron chi connectivity index (χ1n) is 8.03. The van der Waals surface area contributed by atoms with Crippen LogP contribution in [0.1, 0.15) is 41.0 Å². The highest BCUT2D eigenvalue weighted by Crippen LogP contribution is 2.28. The smallest absolute Gasteiger partial charge is 0.303 e. The number of amides is 1. The molecule has 3 rings (SSSR count). The number of carbonyl (C=O) groups excluding carboxylic acids is 1. The summed E-state index contributed by atoms with van der Waals surface area (Å²) in [6, 6.07) is 3.49. The number of nitrogens with one attached hydrogen (secondary N) is 1. The maximum atomic E-state index is 13.5. The summed E-state index contributed by atoms with van der Waals surface area (Å²) >= 11 is 0. The van der Waals surface area contributed by atoms with Crippen molar-refractivity contribution in [2.45, 2.75) is 32.1 Å². The van der Waals surface area contributed by atoms with Gasteiger partial charge in [-0.1, -0.05) is 0 Å². The number of aromatic nitrogens is 2. The molecule has 2 N–H and O–H groups in total. The number of halogens is 2. The van der Waals surface area contributed by atoms with Gasteiger partial charge >= 0.3 is 5.97 Å². The Labute approximate surface area is 142 Å². The lowest BCUT2D eigenvalue weighted by molar-refractivity contribution is -0.137. The molecule has 0 bridgehead atoms. The molecular weight excluding hydrogens is 332 g/mol. The SMILES string of the molecule is O=C(O)CCCNC(=O)c1nn(-c2ccc(F)c(F)c2)c2c1CCC2. The van der Waals surface area contributed by atoms with Crippen LogP contribution in [-0.4, -0.2) is 33.3 Å². The predicted molar refractivity (Wildman–Crippen MR) is 84.7 cm³/mol. The number of aliphatic carboxylic acids is 1. The van der Waals surface area contributed by atoms with Crippen LogP contribution in [0.4, 0.5) is 8.78 Å². The van der Waals surface area contributed by atoms with E-state index in [1.165, 1.54) is 10.7 Å². The first-order chi connectivity index (χ1) is 12.0. The van der Waals surface area contributed by atoms with Crippen LogP contribution >= 0.6 is 0 Å². The Hall–Kier alpha value is -2.77. The molecule has 0 aliphatic heterocycles. The second-order valence-electron chi connectivity index (χ2n) is 5.89. The fourth-order valence-electron chi connectivity index (χ4n) is 2.98. The highest BCUT2D eigenvalue weighted by molar-refractivity contribution is 5.94. The van der Waals surface area contributed by atoms with Crippen molar-refractivity contribution in [3.8, 4) is 5.69 Å². The van der Waals surface area contributed by atoms with E-state index in [4.69, 9.17) is 5.11 Å². The van der Waals surface area contributed by atoms with Gasteiger partial charge in [-0.25, -0.2) is 13.5 Å². The Morgan fingerprint density at radius 3 is 2.76 bits per heavy atom. The van der Waals surface area contributed by atoms with E-state index in [9.17, 15) is 18.4 Å². The van der Waals surface area contributed by atoms with Gasteiger partial charge in [0.2, 0.25) is 0 Å². The fourth-order valence-corrected chi connectivity index (χ4v) is 2.98. The molecule has 0 fully saturated rings. The van der Waals surface area contributed by atoms with Gasteiger partial charge in [-0.2, -0.15) is 5.10 Å². The van der Waals surface area contributed by atoms with Crippen LogP contribution in [0, 0.1) is 11.6 Å². The summed E-state index contributed by atoms with van der Waals surface area (Å²) in [6.45, 7) is 0.234. The number of carbonyl (C=O) groups is 2. The number of hydrogen-bond donors (Lipinski definition) is 2. The predicted octanol–water partition coefficient (Wildman–Crippen LogP) is 2.23. The fraction of sp³-hybridized carbons (Fsp3) is 0.353. The molecule has 2 aromatic rings. The van der Waals surface area contributed by atoms with Crippen LogP contribution in [0.2, 0.25) is 0 Å². The second kappa shape index (κ2) is 7.00. The van der Waals surface area contributed by atoms with Gasteiger partial charge < -0.3 is 10.4 Å². The number of nitrogens with zero attached hydrogens (tertiary/aromatic N) is 2. The average molecular weight is 349 g/mol. The minimum Gasteiger partial charge on any atom is -0.481 e. The van der Waals surface area contributed by atoms with Crippen LogP contribution in [0.25, 0.3) is 5.69 Å². The third kappa shape index (κ3) is 3.52. The zero-order chi connectivity index (χ0) is 18.0. The molecule has 0 unspecified atom stereocenters. The Balaban J connectivity index is 1.83. The molecule has 0 radical (unpaired) electrons. The van der Waals surface area contributed by atoms with E-state index in [0.717, 1.165) is 29.8 Å². The molecule has 0 spiro atoms. The maximum Gasteiger partial charge on any atom is 0.303 e. The molecule has 1 aliphatic rings. The molecule has 0 saturated heterocycles. The molecule has 6 nitrogen and oxygen atoms in total.